The molecule has 136 valence electrons. The molecule has 3 unspecified atom stereocenters. The van der Waals surface area contributed by atoms with Crippen molar-refractivity contribution >= 4 is 27.5 Å². The molecule has 2 aliphatic carbocycles. The van der Waals surface area contributed by atoms with E-state index in [0.717, 1.165) is 11.1 Å². The Morgan fingerprint density at radius 2 is 2.15 bits per heavy atom. The van der Waals surface area contributed by atoms with Gasteiger partial charge in [0.2, 0.25) is 0 Å². The van der Waals surface area contributed by atoms with Gasteiger partial charge < -0.3 is 9.84 Å². The highest BCUT2D eigenvalue weighted by atomic mass is 79.9. The van der Waals surface area contributed by atoms with Crippen LogP contribution < -0.4 is 4.74 Å². The maximum absolute atomic E-state index is 13.0. The number of fused-ring (bicyclic) bond motifs is 1. The van der Waals surface area contributed by atoms with Crippen LogP contribution in [0.3, 0.4) is 0 Å². The van der Waals surface area contributed by atoms with E-state index in [4.69, 9.17) is 4.74 Å². The summed E-state index contributed by atoms with van der Waals surface area (Å²) in [6.07, 6.45) is 5.60. The van der Waals surface area contributed by atoms with Crippen LogP contribution in [0.15, 0.2) is 54.2 Å². The number of rotatable bonds is 4. The summed E-state index contributed by atoms with van der Waals surface area (Å²) < 4.78 is 4.43. The van der Waals surface area contributed by atoms with Crippen molar-refractivity contribution in [1.82, 2.24) is 0 Å². The molecule has 0 heterocycles. The van der Waals surface area contributed by atoms with Gasteiger partial charge >= 0.3 is 0 Å². The van der Waals surface area contributed by atoms with Gasteiger partial charge in [-0.25, -0.2) is 0 Å². The van der Waals surface area contributed by atoms with Gasteiger partial charge in [0.05, 0.1) is 6.61 Å². The first-order valence-corrected chi connectivity index (χ1v) is 9.37. The minimum atomic E-state index is -1.07. The molecule has 3 rings (SSSR count). The Balaban J connectivity index is 2.20. The summed E-state index contributed by atoms with van der Waals surface area (Å²) in [5.41, 5.74) is 2.15. The molecule has 4 nitrogen and oxygen atoms in total. The summed E-state index contributed by atoms with van der Waals surface area (Å²) in [5, 5.41) is 10.0. The Hall–Kier alpha value is -2.14. The lowest BCUT2D eigenvalue weighted by molar-refractivity contribution is -0.128. The Kier molecular flexibility index (Phi) is 4.93. The first kappa shape index (κ1) is 18.6. The van der Waals surface area contributed by atoms with Gasteiger partial charge in [-0.2, -0.15) is 0 Å². The summed E-state index contributed by atoms with van der Waals surface area (Å²) in [5.74, 6) is -0.624. The van der Waals surface area contributed by atoms with Crippen LogP contribution in [0.4, 0.5) is 0 Å². The smallest absolute Gasteiger partial charge is 0.174 e. The highest BCUT2D eigenvalue weighted by Gasteiger charge is 2.56. The number of carbonyl (C=O) groups is 2. The van der Waals surface area contributed by atoms with Gasteiger partial charge in [0.15, 0.2) is 23.1 Å². The topological polar surface area (TPSA) is 63.6 Å². The normalized spacial score (nSPS) is 28.1. The molecule has 0 aliphatic heterocycles. The molecule has 0 radical (unpaired) electrons. The van der Waals surface area contributed by atoms with E-state index in [-0.39, 0.29) is 17.3 Å². The number of ketones is 2. The molecule has 3 atom stereocenters. The molecule has 0 amide bonds. The van der Waals surface area contributed by atoms with Gasteiger partial charge in [-0.3, -0.25) is 9.59 Å². The van der Waals surface area contributed by atoms with Gasteiger partial charge in [-0.05, 0) is 55.2 Å². The van der Waals surface area contributed by atoms with Crippen molar-refractivity contribution in [3.8, 4) is 11.5 Å². The fraction of sp³-hybridized carbons (Fsp3) is 0.333. The third-order valence-corrected chi connectivity index (χ3v) is 6.53. The van der Waals surface area contributed by atoms with Crippen LogP contribution >= 0.6 is 15.9 Å². The highest BCUT2D eigenvalue weighted by Crippen LogP contribution is 2.54. The number of allylic oxidation sites excluding steroid dienone is 5. The summed E-state index contributed by atoms with van der Waals surface area (Å²) in [6, 6.07) is 5.04. The molecule has 2 aliphatic rings. The molecular weight excluding hydrogens is 396 g/mol. The zero-order valence-electron chi connectivity index (χ0n) is 14.8. The van der Waals surface area contributed by atoms with E-state index in [0.29, 0.717) is 24.4 Å². The van der Waals surface area contributed by atoms with Crippen LogP contribution in [0, 0.1) is 5.92 Å². The van der Waals surface area contributed by atoms with Crippen molar-refractivity contribution in [2.75, 3.05) is 6.61 Å². The first-order valence-electron chi connectivity index (χ1n) is 8.58. The maximum atomic E-state index is 13.0. The van der Waals surface area contributed by atoms with Crippen LogP contribution in [-0.2, 0) is 9.59 Å². The number of halogens is 1. The van der Waals surface area contributed by atoms with Crippen LogP contribution in [0.5, 0.6) is 11.5 Å². The molecule has 0 saturated carbocycles. The lowest BCUT2D eigenvalue weighted by atomic mass is 9.63. The van der Waals surface area contributed by atoms with Gasteiger partial charge in [-0.15, -0.1) is 0 Å². The van der Waals surface area contributed by atoms with Crippen molar-refractivity contribution in [3.63, 3.8) is 0 Å². The van der Waals surface area contributed by atoms with Crippen molar-refractivity contribution < 1.29 is 19.4 Å². The molecule has 5 heteroatoms. The predicted octanol–water partition coefficient (Wildman–Crippen LogP) is 4.24. The van der Waals surface area contributed by atoms with Crippen LogP contribution in [0.1, 0.15) is 31.7 Å². The quantitative estimate of drug-likeness (QED) is 0.745. The molecule has 0 saturated heterocycles. The molecular formula is C21H21BrO4. The monoisotopic (exact) mass is 416 g/mol. The lowest BCUT2D eigenvalue weighted by Gasteiger charge is -2.45. The number of hydrogen-bond donors (Lipinski definition) is 1. The number of benzene rings is 1. The van der Waals surface area contributed by atoms with Crippen LogP contribution in [-0.4, -0.2) is 27.6 Å². The number of aromatic hydroxyl groups is 1. The zero-order chi connectivity index (χ0) is 19.1. The van der Waals surface area contributed by atoms with E-state index in [9.17, 15) is 14.7 Å². The minimum absolute atomic E-state index is 0.0188. The molecule has 0 fully saturated rings. The molecule has 0 spiro atoms. The number of ether oxygens (including phenoxy) is 1. The second-order valence-corrected chi connectivity index (χ2v) is 7.93. The molecule has 1 aromatic rings. The highest BCUT2D eigenvalue weighted by molar-refractivity contribution is 9.10. The SMILES string of the molecule is C=CC1=CCC2C(=O)C(C)=CC(=O)C2(Br)C1c1ccc(O)c(OCC)c1. The largest absolute Gasteiger partial charge is 0.504 e. The average Bonchev–Trinajstić information content (AvgIpc) is 2.61. The Morgan fingerprint density at radius 1 is 1.42 bits per heavy atom. The zero-order valence-corrected chi connectivity index (χ0v) is 16.4. The number of alkyl halides is 1. The van der Waals surface area contributed by atoms with E-state index in [1.54, 1.807) is 31.2 Å². The molecule has 1 N–H and O–H groups in total. The fourth-order valence-electron chi connectivity index (χ4n) is 3.87. The molecule has 1 aromatic carbocycles. The second kappa shape index (κ2) is 6.88. The second-order valence-electron chi connectivity index (χ2n) is 6.61. The number of phenols is 1. The predicted molar refractivity (Wildman–Crippen MR) is 104 cm³/mol. The number of carbonyl (C=O) groups excluding carboxylic acids is 2. The maximum Gasteiger partial charge on any atom is 0.174 e. The third-order valence-electron chi connectivity index (χ3n) is 5.13. The van der Waals surface area contributed by atoms with Gasteiger partial charge in [0.1, 0.15) is 4.32 Å². The Labute approximate surface area is 161 Å². The third kappa shape index (κ3) is 2.75. The van der Waals surface area contributed by atoms with Crippen molar-refractivity contribution in [1.29, 1.82) is 0 Å². The van der Waals surface area contributed by atoms with Gasteiger partial charge in [-0.1, -0.05) is 40.7 Å². The summed E-state index contributed by atoms with van der Waals surface area (Å²) >= 11 is 3.67. The van der Waals surface area contributed by atoms with E-state index < -0.39 is 16.2 Å². The molecule has 0 bridgehead atoms. The summed E-state index contributed by atoms with van der Waals surface area (Å²) in [4.78, 5) is 25.7. The van der Waals surface area contributed by atoms with Gasteiger partial charge in [0.25, 0.3) is 0 Å². The van der Waals surface area contributed by atoms with E-state index >= 15 is 0 Å². The minimum Gasteiger partial charge on any atom is -0.504 e. The van der Waals surface area contributed by atoms with Gasteiger partial charge in [0, 0.05) is 11.8 Å². The van der Waals surface area contributed by atoms with E-state index in [1.807, 2.05) is 13.0 Å². The summed E-state index contributed by atoms with van der Waals surface area (Å²) in [6.45, 7) is 7.81. The number of Topliss-reactive ketones (excluding diaryl/α,β-unsaturated/α-hetero) is 1. The molecule has 0 aromatic heterocycles. The number of hydrogen-bond acceptors (Lipinski definition) is 4. The summed E-state index contributed by atoms with van der Waals surface area (Å²) in [7, 11) is 0. The fourth-order valence-corrected chi connectivity index (χ4v) is 4.91. The first-order chi connectivity index (χ1) is 12.3. The van der Waals surface area contributed by atoms with E-state index in [2.05, 4.69) is 22.5 Å². The van der Waals surface area contributed by atoms with Crippen molar-refractivity contribution in [3.05, 3.63) is 59.7 Å². The lowest BCUT2D eigenvalue weighted by Crippen LogP contribution is -2.52. The van der Waals surface area contributed by atoms with Crippen LogP contribution in [0.2, 0.25) is 0 Å². The standard InChI is InChI=1S/C21H21BrO4/c1-4-13-6-8-15-20(25)12(3)10-18(24)21(15,22)19(13)14-7-9-16(23)17(11-14)26-5-2/h4,6-7,9-11,15,19,23H,1,5,8H2,2-3H3. The molecule has 26 heavy (non-hydrogen) atoms. The van der Waals surface area contributed by atoms with Crippen molar-refractivity contribution in [2.24, 2.45) is 5.92 Å². The van der Waals surface area contributed by atoms with E-state index in [1.165, 1.54) is 6.08 Å². The Bertz CT molecular complexity index is 852. The Morgan fingerprint density at radius 3 is 2.81 bits per heavy atom. The van der Waals surface area contributed by atoms with Crippen LogP contribution in [0.25, 0.3) is 0 Å². The van der Waals surface area contributed by atoms with Crippen molar-refractivity contribution in [2.45, 2.75) is 30.5 Å². The number of phenolic OH excluding ortho intramolecular Hbond substituents is 1. The average molecular weight is 417 g/mol.